The van der Waals surface area contributed by atoms with Crippen LogP contribution >= 0.6 is 0 Å². The van der Waals surface area contributed by atoms with Crippen molar-refractivity contribution < 1.29 is 28.2 Å². The Hall–Kier alpha value is -1.23. The lowest BCUT2D eigenvalue weighted by Crippen LogP contribution is -2.50. The van der Waals surface area contributed by atoms with Gasteiger partial charge in [-0.15, -0.1) is 0 Å². The lowest BCUT2D eigenvalue weighted by molar-refractivity contribution is -0.143. The van der Waals surface area contributed by atoms with E-state index in [0.717, 1.165) is 25.8 Å². The van der Waals surface area contributed by atoms with Crippen LogP contribution in [0.3, 0.4) is 0 Å². The fourth-order valence-corrected chi connectivity index (χ4v) is 5.98. The first-order valence-electron chi connectivity index (χ1n) is 10.1. The molecule has 0 aromatic carbocycles. The number of aliphatic carboxylic acids is 2. The van der Waals surface area contributed by atoms with Crippen LogP contribution in [-0.4, -0.2) is 79.0 Å². The number of piperidine rings is 1. The first-order chi connectivity index (χ1) is 13.2. The van der Waals surface area contributed by atoms with Crippen LogP contribution in [0.15, 0.2) is 0 Å². The van der Waals surface area contributed by atoms with Gasteiger partial charge in [0.2, 0.25) is 10.0 Å². The van der Waals surface area contributed by atoms with Crippen molar-refractivity contribution >= 4 is 22.0 Å². The van der Waals surface area contributed by atoms with Crippen LogP contribution in [0.4, 0.5) is 0 Å². The highest BCUT2D eigenvalue weighted by molar-refractivity contribution is 7.89. The molecule has 2 aliphatic heterocycles. The van der Waals surface area contributed by atoms with Gasteiger partial charge in [-0.2, -0.15) is 0 Å². The van der Waals surface area contributed by atoms with Crippen LogP contribution in [-0.2, 0) is 19.6 Å². The molecule has 3 unspecified atom stereocenters. The van der Waals surface area contributed by atoms with Crippen molar-refractivity contribution in [3.05, 3.63) is 0 Å². The lowest BCUT2D eigenvalue weighted by Gasteiger charge is -2.42. The molecule has 2 saturated heterocycles. The Morgan fingerprint density at radius 2 is 1.86 bits per heavy atom. The number of hydrogen-bond donors (Lipinski definition) is 4. The molecule has 0 aromatic heterocycles. The standard InChI is InChI=1S/C18H31N3O6S/c1-2-28(26,27)20-14-7-16(18(24)25)21(10-14)9-11-3-4-12-8-19-15(17(22)23)6-13(12)5-11/h11-16,19-20H,2-10H2,1H3,(H,22,23)(H,24,25)/t11?,12-,13?,14-,15?,16-/m0/s1. The number of rotatable bonds is 7. The zero-order chi connectivity index (χ0) is 20.5. The molecule has 0 spiro atoms. The minimum Gasteiger partial charge on any atom is -0.480 e. The fraction of sp³-hybridized carbons (Fsp3) is 0.889. The van der Waals surface area contributed by atoms with E-state index in [1.807, 2.05) is 4.90 Å². The van der Waals surface area contributed by atoms with Crippen LogP contribution in [0.25, 0.3) is 0 Å². The Morgan fingerprint density at radius 3 is 2.50 bits per heavy atom. The van der Waals surface area contributed by atoms with Crippen molar-refractivity contribution in [3.8, 4) is 0 Å². The fourth-order valence-electron chi connectivity index (χ4n) is 5.13. The van der Waals surface area contributed by atoms with Crippen LogP contribution in [0, 0.1) is 17.8 Å². The Morgan fingerprint density at radius 1 is 1.11 bits per heavy atom. The maximum atomic E-state index is 11.8. The Kier molecular flexibility index (Phi) is 6.63. The predicted molar refractivity (Wildman–Crippen MR) is 102 cm³/mol. The van der Waals surface area contributed by atoms with E-state index in [4.69, 9.17) is 0 Å². The van der Waals surface area contributed by atoms with Gasteiger partial charge < -0.3 is 15.5 Å². The lowest BCUT2D eigenvalue weighted by atomic mass is 9.69. The number of hydrogen-bond acceptors (Lipinski definition) is 6. The van der Waals surface area contributed by atoms with Crippen LogP contribution in [0.5, 0.6) is 0 Å². The molecule has 10 heteroatoms. The first kappa shape index (κ1) is 21.5. The minimum absolute atomic E-state index is 0.0221. The predicted octanol–water partition coefficient (Wildman–Crippen LogP) is -0.0678. The summed E-state index contributed by atoms with van der Waals surface area (Å²) < 4.78 is 26.3. The Balaban J connectivity index is 1.60. The second kappa shape index (κ2) is 8.64. The molecule has 6 atom stereocenters. The highest BCUT2D eigenvalue weighted by Gasteiger charge is 2.42. The topological polar surface area (TPSA) is 136 Å². The van der Waals surface area contributed by atoms with Gasteiger partial charge in [-0.3, -0.25) is 14.5 Å². The zero-order valence-corrected chi connectivity index (χ0v) is 17.0. The number of fused-ring (bicyclic) bond motifs is 1. The van der Waals surface area contributed by atoms with Crippen molar-refractivity contribution in [2.24, 2.45) is 17.8 Å². The van der Waals surface area contributed by atoms with E-state index in [2.05, 4.69) is 10.0 Å². The summed E-state index contributed by atoms with van der Waals surface area (Å²) in [5, 5.41) is 22.0. The van der Waals surface area contributed by atoms with E-state index in [9.17, 15) is 28.2 Å². The van der Waals surface area contributed by atoms with Gasteiger partial charge in [-0.05, 0) is 63.3 Å². The van der Waals surface area contributed by atoms with Crippen molar-refractivity contribution in [1.29, 1.82) is 0 Å². The zero-order valence-electron chi connectivity index (χ0n) is 16.2. The molecule has 3 rings (SSSR count). The number of sulfonamides is 1. The normalized spacial score (nSPS) is 36.8. The maximum absolute atomic E-state index is 11.8. The highest BCUT2D eigenvalue weighted by Crippen LogP contribution is 2.39. The molecular formula is C18H31N3O6S. The summed E-state index contributed by atoms with van der Waals surface area (Å²) in [5.41, 5.74) is 0. The van der Waals surface area contributed by atoms with E-state index in [1.165, 1.54) is 0 Å². The molecule has 2 heterocycles. The van der Waals surface area contributed by atoms with E-state index in [1.54, 1.807) is 6.92 Å². The van der Waals surface area contributed by atoms with Crippen molar-refractivity contribution in [2.45, 2.75) is 57.2 Å². The van der Waals surface area contributed by atoms with E-state index >= 15 is 0 Å². The molecule has 3 aliphatic rings. The van der Waals surface area contributed by atoms with Gasteiger partial charge in [-0.1, -0.05) is 0 Å². The van der Waals surface area contributed by atoms with Gasteiger partial charge in [0, 0.05) is 19.1 Å². The van der Waals surface area contributed by atoms with Gasteiger partial charge in [0.25, 0.3) is 0 Å². The quantitative estimate of drug-likeness (QED) is 0.452. The molecule has 0 radical (unpaired) electrons. The summed E-state index contributed by atoms with van der Waals surface area (Å²) in [5.74, 6) is -0.591. The summed E-state index contributed by atoms with van der Waals surface area (Å²) >= 11 is 0. The van der Waals surface area contributed by atoms with Gasteiger partial charge in [-0.25, -0.2) is 13.1 Å². The molecule has 9 nitrogen and oxygen atoms in total. The molecule has 1 saturated carbocycles. The number of likely N-dealkylation sites (tertiary alicyclic amines) is 1. The van der Waals surface area contributed by atoms with Crippen LogP contribution < -0.4 is 10.0 Å². The molecule has 1 aliphatic carbocycles. The second-order valence-corrected chi connectivity index (χ2v) is 10.5. The number of carboxylic acid groups (broad SMARTS) is 2. The monoisotopic (exact) mass is 417 g/mol. The SMILES string of the molecule is CCS(=O)(=O)N[C@H]1C[C@@H](C(=O)O)N(CC2CC[C@H]3CNC(C(=O)O)CC3C2)C1. The second-order valence-electron chi connectivity index (χ2n) is 8.50. The molecule has 3 fully saturated rings. The molecule has 0 amide bonds. The van der Waals surface area contributed by atoms with Gasteiger partial charge >= 0.3 is 11.9 Å². The van der Waals surface area contributed by atoms with E-state index in [0.29, 0.717) is 37.3 Å². The summed E-state index contributed by atoms with van der Waals surface area (Å²) in [6, 6.07) is -1.55. The molecule has 0 aromatic rings. The van der Waals surface area contributed by atoms with Crippen molar-refractivity contribution in [2.75, 3.05) is 25.4 Å². The number of nitrogens with zero attached hydrogens (tertiary/aromatic N) is 1. The third-order valence-corrected chi connectivity index (χ3v) is 8.07. The summed E-state index contributed by atoms with van der Waals surface area (Å²) in [7, 11) is -3.37. The van der Waals surface area contributed by atoms with Crippen molar-refractivity contribution in [3.63, 3.8) is 0 Å². The van der Waals surface area contributed by atoms with E-state index in [-0.39, 0.29) is 18.2 Å². The highest BCUT2D eigenvalue weighted by atomic mass is 32.2. The third-order valence-electron chi connectivity index (χ3n) is 6.62. The van der Waals surface area contributed by atoms with Crippen LogP contribution in [0.2, 0.25) is 0 Å². The summed E-state index contributed by atoms with van der Waals surface area (Å²) in [6.07, 6.45) is 3.82. The average molecular weight is 418 g/mol. The minimum atomic E-state index is -3.37. The molecule has 0 bridgehead atoms. The largest absolute Gasteiger partial charge is 0.480 e. The first-order valence-corrected chi connectivity index (χ1v) is 11.8. The smallest absolute Gasteiger partial charge is 0.320 e. The van der Waals surface area contributed by atoms with Gasteiger partial charge in [0.15, 0.2) is 0 Å². The van der Waals surface area contributed by atoms with Crippen LogP contribution in [0.1, 0.15) is 39.0 Å². The summed E-state index contributed by atoms with van der Waals surface area (Å²) in [6.45, 7) is 3.32. The third kappa shape index (κ3) is 5.03. The number of nitrogens with one attached hydrogen (secondary N) is 2. The molecular weight excluding hydrogens is 386 g/mol. The van der Waals surface area contributed by atoms with Crippen molar-refractivity contribution in [1.82, 2.24) is 14.9 Å². The van der Waals surface area contributed by atoms with E-state index < -0.39 is 34.0 Å². The number of carbonyl (C=O) groups is 2. The van der Waals surface area contributed by atoms with Gasteiger partial charge in [0.1, 0.15) is 12.1 Å². The Bertz CT molecular complexity index is 699. The maximum Gasteiger partial charge on any atom is 0.320 e. The summed E-state index contributed by atoms with van der Waals surface area (Å²) in [4.78, 5) is 24.9. The molecule has 28 heavy (non-hydrogen) atoms. The number of carboxylic acids is 2. The Labute approximate surface area is 165 Å². The molecule has 4 N–H and O–H groups in total. The average Bonchev–Trinajstić information content (AvgIpc) is 3.02. The molecule has 160 valence electrons. The van der Waals surface area contributed by atoms with Gasteiger partial charge in [0.05, 0.1) is 5.75 Å².